The molecule has 0 aliphatic rings. The lowest BCUT2D eigenvalue weighted by molar-refractivity contribution is -0.132. The second-order valence-corrected chi connectivity index (χ2v) is 12.3. The highest BCUT2D eigenvalue weighted by Crippen LogP contribution is 2.16. The van der Waals surface area contributed by atoms with E-state index >= 15 is 0 Å². The van der Waals surface area contributed by atoms with Gasteiger partial charge in [-0.05, 0) is 46.7 Å². The van der Waals surface area contributed by atoms with Crippen LogP contribution < -0.4 is 32.0 Å². The highest BCUT2D eigenvalue weighted by molar-refractivity contribution is 5.94. The van der Waals surface area contributed by atoms with E-state index in [2.05, 4.69) is 21.4 Å². The van der Waals surface area contributed by atoms with Gasteiger partial charge in [0.05, 0.1) is 0 Å². The van der Waals surface area contributed by atoms with Crippen molar-refractivity contribution in [2.24, 2.45) is 11.8 Å². The van der Waals surface area contributed by atoms with Crippen LogP contribution in [0, 0.1) is 5.92 Å². The molecule has 0 spiro atoms. The van der Waals surface area contributed by atoms with Crippen LogP contribution in [0.2, 0.25) is 0 Å². The Morgan fingerprint density at radius 3 is 1.54 bits per heavy atom. The van der Waals surface area contributed by atoms with Crippen molar-refractivity contribution in [3.63, 3.8) is 0 Å². The number of benzene rings is 4. The first-order valence-electron chi connectivity index (χ1n) is 16.6. The molecule has 11 heteroatoms. The fourth-order valence-corrected chi connectivity index (χ4v) is 5.22. The number of amides is 4. The fraction of sp³-hybridized carbons (Fsp3) is 0.282. The summed E-state index contributed by atoms with van der Waals surface area (Å²) in [6.07, 6.45) is -0.229. The van der Waals surface area contributed by atoms with Gasteiger partial charge in [-0.1, -0.05) is 117 Å². The lowest BCUT2D eigenvalue weighted by Gasteiger charge is -2.26. The molecular weight excluding hydrogens is 634 g/mol. The van der Waals surface area contributed by atoms with Crippen molar-refractivity contribution in [1.82, 2.24) is 21.4 Å². The molecule has 0 aromatic heterocycles. The molecule has 0 aliphatic heterocycles. The molecule has 3 atom stereocenters. The van der Waals surface area contributed by atoms with Crippen LogP contribution in [0.1, 0.15) is 42.5 Å². The van der Waals surface area contributed by atoms with Crippen molar-refractivity contribution in [2.75, 3.05) is 0 Å². The molecule has 0 saturated heterocycles. The maximum atomic E-state index is 14.0. The molecule has 50 heavy (non-hydrogen) atoms. The summed E-state index contributed by atoms with van der Waals surface area (Å²) in [5, 5.41) is 8.25. The minimum Gasteiger partial charge on any atom is -0.489 e. The molecule has 0 radical (unpaired) electrons. The number of carbonyl (C=O) groups is 4. The van der Waals surface area contributed by atoms with Gasteiger partial charge in [0.1, 0.15) is 37.1 Å². The van der Waals surface area contributed by atoms with Crippen LogP contribution in [0.15, 0.2) is 115 Å². The van der Waals surface area contributed by atoms with Gasteiger partial charge < -0.3 is 25.4 Å². The summed E-state index contributed by atoms with van der Waals surface area (Å²) in [6.45, 7) is 4.24. The summed E-state index contributed by atoms with van der Waals surface area (Å²) in [5.41, 5.74) is 5.44. The standard InChI is InChI=1S/C39H45N5O6/c1-27(2)22-33(38(47)44-40)41-36(45)34(23-28-12-6-3-7-13-28)42-37(46)35(43-39(48)50-26-31-16-10-5-11-17-31)24-29-18-20-32(21-19-29)49-25-30-14-8-4-9-15-30/h3-21,27,33-35H,22-26,40H2,1-2H3,(H,41,45)(H,42,46)(H,43,48)(H,44,47)/t33-,34+,35-/m0/s1. The van der Waals surface area contributed by atoms with Gasteiger partial charge in [-0.25, -0.2) is 10.6 Å². The van der Waals surface area contributed by atoms with E-state index in [4.69, 9.17) is 15.3 Å². The zero-order valence-corrected chi connectivity index (χ0v) is 28.3. The van der Waals surface area contributed by atoms with E-state index in [9.17, 15) is 19.2 Å². The molecule has 0 aliphatic carbocycles. The van der Waals surface area contributed by atoms with Crippen LogP contribution in [0.5, 0.6) is 5.75 Å². The predicted octanol–water partition coefficient (Wildman–Crippen LogP) is 4.35. The molecule has 4 rings (SSSR count). The molecule has 4 amide bonds. The van der Waals surface area contributed by atoms with Gasteiger partial charge in [-0.15, -0.1) is 0 Å². The molecule has 4 aromatic carbocycles. The van der Waals surface area contributed by atoms with Gasteiger partial charge in [0, 0.05) is 12.8 Å². The Kier molecular flexibility index (Phi) is 14.4. The molecule has 11 nitrogen and oxygen atoms in total. The second-order valence-electron chi connectivity index (χ2n) is 12.3. The van der Waals surface area contributed by atoms with Gasteiger partial charge in [0.2, 0.25) is 11.8 Å². The SMILES string of the molecule is CC(C)C[C@H](NC(=O)[C@@H](Cc1ccccc1)NC(=O)[C@H](Cc1ccc(OCc2ccccc2)cc1)NC(=O)OCc1ccccc1)C(=O)NN. The monoisotopic (exact) mass is 679 g/mol. The van der Waals surface area contributed by atoms with Crippen molar-refractivity contribution >= 4 is 23.8 Å². The molecule has 0 unspecified atom stereocenters. The number of hydrogen-bond donors (Lipinski definition) is 5. The first kappa shape index (κ1) is 37.1. The van der Waals surface area contributed by atoms with E-state index in [1.807, 2.05) is 117 Å². The van der Waals surface area contributed by atoms with Crippen LogP contribution in [0.25, 0.3) is 0 Å². The summed E-state index contributed by atoms with van der Waals surface area (Å²) >= 11 is 0. The summed E-state index contributed by atoms with van der Waals surface area (Å²) < 4.78 is 11.3. The van der Waals surface area contributed by atoms with E-state index in [-0.39, 0.29) is 25.4 Å². The van der Waals surface area contributed by atoms with E-state index in [0.29, 0.717) is 18.8 Å². The van der Waals surface area contributed by atoms with Gasteiger partial charge in [0.15, 0.2) is 0 Å². The minimum atomic E-state index is -1.11. The number of nitrogens with one attached hydrogen (secondary N) is 4. The fourth-order valence-electron chi connectivity index (χ4n) is 5.22. The average Bonchev–Trinajstić information content (AvgIpc) is 3.13. The Bertz CT molecular complexity index is 1650. The van der Waals surface area contributed by atoms with Gasteiger partial charge in [0.25, 0.3) is 5.91 Å². The third-order valence-electron chi connectivity index (χ3n) is 7.83. The highest BCUT2D eigenvalue weighted by atomic mass is 16.5. The maximum absolute atomic E-state index is 14.0. The molecule has 4 aromatic rings. The van der Waals surface area contributed by atoms with Crippen molar-refractivity contribution in [2.45, 2.75) is 64.4 Å². The number of hydrogen-bond acceptors (Lipinski definition) is 7. The van der Waals surface area contributed by atoms with Crippen LogP contribution in [-0.4, -0.2) is 41.9 Å². The first-order chi connectivity index (χ1) is 24.2. The zero-order valence-electron chi connectivity index (χ0n) is 28.3. The number of rotatable bonds is 17. The predicted molar refractivity (Wildman–Crippen MR) is 190 cm³/mol. The van der Waals surface area contributed by atoms with Crippen LogP contribution in [-0.2, 0) is 45.2 Å². The van der Waals surface area contributed by atoms with Crippen LogP contribution in [0.3, 0.4) is 0 Å². The third-order valence-corrected chi connectivity index (χ3v) is 7.83. The van der Waals surface area contributed by atoms with E-state index in [0.717, 1.165) is 22.3 Å². The molecular formula is C39H45N5O6. The van der Waals surface area contributed by atoms with E-state index in [1.54, 1.807) is 12.1 Å². The molecule has 262 valence electrons. The number of carbonyl (C=O) groups excluding carboxylic acids is 4. The Hall–Kier alpha value is -5.68. The van der Waals surface area contributed by atoms with Crippen molar-refractivity contribution in [3.05, 3.63) is 138 Å². The van der Waals surface area contributed by atoms with Gasteiger partial charge >= 0.3 is 6.09 Å². The summed E-state index contributed by atoms with van der Waals surface area (Å²) in [6, 6.07) is 32.2. The lowest BCUT2D eigenvalue weighted by atomic mass is 10.0. The third kappa shape index (κ3) is 12.4. The average molecular weight is 680 g/mol. The molecule has 0 bridgehead atoms. The largest absolute Gasteiger partial charge is 0.489 e. The molecule has 0 fully saturated rings. The van der Waals surface area contributed by atoms with Crippen molar-refractivity contribution < 1.29 is 28.7 Å². The molecule has 0 saturated carbocycles. The number of alkyl carbamates (subject to hydrolysis) is 1. The van der Waals surface area contributed by atoms with Crippen molar-refractivity contribution in [3.8, 4) is 5.75 Å². The lowest BCUT2D eigenvalue weighted by Crippen LogP contribution is -2.58. The quantitative estimate of drug-likeness (QED) is 0.0630. The number of ether oxygens (including phenoxy) is 2. The zero-order chi connectivity index (χ0) is 35.7. The normalized spacial score (nSPS) is 12.6. The summed E-state index contributed by atoms with van der Waals surface area (Å²) in [7, 11) is 0. The summed E-state index contributed by atoms with van der Waals surface area (Å²) in [4.78, 5) is 53.1. The number of nitrogens with two attached hydrogens (primary N) is 1. The topological polar surface area (TPSA) is 161 Å². The molecule has 6 N–H and O–H groups in total. The Labute approximate surface area is 292 Å². The Balaban J connectivity index is 1.52. The molecule has 0 heterocycles. The van der Waals surface area contributed by atoms with Crippen molar-refractivity contribution in [1.29, 1.82) is 0 Å². The Morgan fingerprint density at radius 2 is 1.02 bits per heavy atom. The van der Waals surface area contributed by atoms with Gasteiger partial charge in [-0.2, -0.15) is 0 Å². The van der Waals surface area contributed by atoms with Crippen LogP contribution in [0.4, 0.5) is 4.79 Å². The van der Waals surface area contributed by atoms with E-state index in [1.165, 1.54) is 0 Å². The smallest absolute Gasteiger partial charge is 0.408 e. The Morgan fingerprint density at radius 1 is 0.560 bits per heavy atom. The van der Waals surface area contributed by atoms with Gasteiger partial charge in [-0.3, -0.25) is 19.8 Å². The number of hydrazine groups is 1. The highest BCUT2D eigenvalue weighted by Gasteiger charge is 2.30. The van der Waals surface area contributed by atoms with Crippen LogP contribution >= 0.6 is 0 Å². The van der Waals surface area contributed by atoms with E-state index < -0.39 is 41.9 Å². The minimum absolute atomic E-state index is 0.00788. The second kappa shape index (κ2) is 19.4. The maximum Gasteiger partial charge on any atom is 0.408 e. The summed E-state index contributed by atoms with van der Waals surface area (Å²) in [5.74, 6) is 4.40. The first-order valence-corrected chi connectivity index (χ1v) is 16.6.